The Morgan fingerprint density at radius 1 is 1.00 bits per heavy atom. The highest BCUT2D eigenvalue weighted by Crippen LogP contribution is 2.26. The zero-order valence-corrected chi connectivity index (χ0v) is 14.2. The van der Waals surface area contributed by atoms with Crippen LogP contribution in [0.15, 0.2) is 60.7 Å². The van der Waals surface area contributed by atoms with Crippen molar-refractivity contribution in [2.75, 3.05) is 5.32 Å². The van der Waals surface area contributed by atoms with Gasteiger partial charge < -0.3 is 10.1 Å². The number of carbonyl (C=O) groups is 1. The summed E-state index contributed by atoms with van der Waals surface area (Å²) in [6.45, 7) is 5.75. The third-order valence-corrected chi connectivity index (χ3v) is 4.07. The van der Waals surface area contributed by atoms with Gasteiger partial charge in [0.15, 0.2) is 6.10 Å². The Bertz CT molecular complexity index is 881. The number of nitrogens with one attached hydrogen (secondary N) is 1. The highest BCUT2D eigenvalue weighted by Gasteiger charge is 2.16. The average molecular weight is 319 g/mol. The maximum atomic E-state index is 12.5. The van der Waals surface area contributed by atoms with Crippen LogP contribution in [0.5, 0.6) is 5.75 Å². The molecule has 0 aliphatic rings. The number of rotatable bonds is 4. The van der Waals surface area contributed by atoms with Crippen LogP contribution in [0.25, 0.3) is 10.8 Å². The van der Waals surface area contributed by atoms with Gasteiger partial charge in [-0.3, -0.25) is 4.79 Å². The lowest BCUT2D eigenvalue weighted by atomic mass is 10.1. The number of fused-ring (bicyclic) bond motifs is 1. The fraction of sp³-hybridized carbons (Fsp3) is 0.190. The van der Waals surface area contributed by atoms with Crippen LogP contribution in [-0.4, -0.2) is 12.0 Å². The number of anilines is 1. The van der Waals surface area contributed by atoms with E-state index in [1.54, 1.807) is 6.92 Å². The molecule has 1 unspecified atom stereocenters. The Morgan fingerprint density at radius 3 is 2.58 bits per heavy atom. The van der Waals surface area contributed by atoms with Crippen molar-refractivity contribution in [2.24, 2.45) is 0 Å². The molecule has 0 heterocycles. The fourth-order valence-corrected chi connectivity index (χ4v) is 2.65. The van der Waals surface area contributed by atoms with Crippen molar-refractivity contribution in [3.05, 3.63) is 71.8 Å². The van der Waals surface area contributed by atoms with Crippen molar-refractivity contribution >= 4 is 22.4 Å². The van der Waals surface area contributed by atoms with Crippen LogP contribution < -0.4 is 10.1 Å². The number of ether oxygens (including phenoxy) is 1. The molecule has 0 fully saturated rings. The molecule has 0 radical (unpaired) electrons. The molecule has 3 rings (SSSR count). The molecule has 122 valence electrons. The van der Waals surface area contributed by atoms with Gasteiger partial charge in [-0.25, -0.2) is 0 Å². The third kappa shape index (κ3) is 3.40. The summed E-state index contributed by atoms with van der Waals surface area (Å²) in [6, 6.07) is 19.8. The van der Waals surface area contributed by atoms with Crippen molar-refractivity contribution in [3.63, 3.8) is 0 Å². The maximum absolute atomic E-state index is 12.5. The number of benzene rings is 3. The lowest BCUT2D eigenvalue weighted by molar-refractivity contribution is -0.122. The van der Waals surface area contributed by atoms with Gasteiger partial charge >= 0.3 is 0 Å². The number of carbonyl (C=O) groups excluding carboxylic acids is 1. The first kappa shape index (κ1) is 16.1. The number of hydrogen-bond acceptors (Lipinski definition) is 2. The molecule has 0 aliphatic carbocycles. The molecule has 3 heteroatoms. The van der Waals surface area contributed by atoms with Gasteiger partial charge in [0.1, 0.15) is 5.75 Å². The Kier molecular flexibility index (Phi) is 4.52. The van der Waals surface area contributed by atoms with E-state index >= 15 is 0 Å². The summed E-state index contributed by atoms with van der Waals surface area (Å²) in [7, 11) is 0. The largest absolute Gasteiger partial charge is 0.480 e. The number of aryl methyl sites for hydroxylation is 2. The molecule has 0 saturated heterocycles. The Hall–Kier alpha value is -2.81. The van der Waals surface area contributed by atoms with Crippen LogP contribution in [0.1, 0.15) is 18.1 Å². The van der Waals surface area contributed by atoms with E-state index in [0.717, 1.165) is 33.3 Å². The quantitative estimate of drug-likeness (QED) is 0.745. The molecule has 1 atom stereocenters. The zero-order valence-electron chi connectivity index (χ0n) is 14.2. The van der Waals surface area contributed by atoms with E-state index in [1.165, 1.54) is 0 Å². The molecular formula is C21H21NO2. The van der Waals surface area contributed by atoms with E-state index in [0.29, 0.717) is 0 Å². The molecule has 3 nitrogen and oxygen atoms in total. The second kappa shape index (κ2) is 6.75. The van der Waals surface area contributed by atoms with Crippen molar-refractivity contribution in [1.29, 1.82) is 0 Å². The summed E-state index contributed by atoms with van der Waals surface area (Å²) < 4.78 is 5.92. The predicted molar refractivity (Wildman–Crippen MR) is 98.6 cm³/mol. The van der Waals surface area contributed by atoms with Crippen LogP contribution in [0.2, 0.25) is 0 Å². The highest BCUT2D eigenvalue weighted by atomic mass is 16.5. The summed E-state index contributed by atoms with van der Waals surface area (Å²) in [5.74, 6) is 0.563. The fourth-order valence-electron chi connectivity index (χ4n) is 2.65. The third-order valence-electron chi connectivity index (χ3n) is 4.07. The molecule has 1 N–H and O–H groups in total. The monoisotopic (exact) mass is 319 g/mol. The van der Waals surface area contributed by atoms with E-state index in [4.69, 9.17) is 4.74 Å². The van der Waals surface area contributed by atoms with E-state index in [9.17, 15) is 4.79 Å². The molecule has 0 saturated carbocycles. The SMILES string of the molecule is Cc1ccc(C)c(NC(=O)C(C)Oc2cccc3ccccc23)c1. The van der Waals surface area contributed by atoms with Crippen LogP contribution >= 0.6 is 0 Å². The predicted octanol–water partition coefficient (Wildman–Crippen LogP) is 4.86. The van der Waals surface area contributed by atoms with E-state index < -0.39 is 6.10 Å². The van der Waals surface area contributed by atoms with Crippen molar-refractivity contribution in [3.8, 4) is 5.75 Å². The van der Waals surface area contributed by atoms with Gasteiger partial charge in [0, 0.05) is 11.1 Å². The van der Waals surface area contributed by atoms with Gasteiger partial charge in [0.25, 0.3) is 5.91 Å². The minimum atomic E-state index is -0.587. The molecule has 1 amide bonds. The second-order valence-electron chi connectivity index (χ2n) is 6.04. The van der Waals surface area contributed by atoms with E-state index in [2.05, 4.69) is 5.32 Å². The Labute approximate surface area is 142 Å². The minimum Gasteiger partial charge on any atom is -0.480 e. The molecular weight excluding hydrogens is 298 g/mol. The molecule has 0 bridgehead atoms. The standard InChI is InChI=1S/C21H21NO2/c1-14-11-12-15(2)19(13-14)22-21(23)16(3)24-20-10-6-8-17-7-4-5-9-18(17)20/h4-13,16H,1-3H3,(H,22,23). The van der Waals surface area contributed by atoms with Crippen LogP contribution in [0, 0.1) is 13.8 Å². The summed E-state index contributed by atoms with van der Waals surface area (Å²) in [5.41, 5.74) is 2.97. The topological polar surface area (TPSA) is 38.3 Å². The summed E-state index contributed by atoms with van der Waals surface area (Å²) in [4.78, 5) is 12.5. The summed E-state index contributed by atoms with van der Waals surface area (Å²) >= 11 is 0. The minimum absolute atomic E-state index is 0.156. The molecule has 0 aliphatic heterocycles. The van der Waals surface area contributed by atoms with Gasteiger partial charge in [-0.15, -0.1) is 0 Å². The first-order valence-electron chi connectivity index (χ1n) is 8.07. The Morgan fingerprint density at radius 2 is 1.75 bits per heavy atom. The lowest BCUT2D eigenvalue weighted by Crippen LogP contribution is -2.30. The van der Waals surface area contributed by atoms with Gasteiger partial charge in [-0.05, 0) is 49.4 Å². The summed E-state index contributed by atoms with van der Waals surface area (Å²) in [5, 5.41) is 5.06. The molecule has 0 aromatic heterocycles. The zero-order chi connectivity index (χ0) is 17.1. The lowest BCUT2D eigenvalue weighted by Gasteiger charge is -2.17. The summed E-state index contributed by atoms with van der Waals surface area (Å²) in [6.07, 6.45) is -0.587. The number of amides is 1. The van der Waals surface area contributed by atoms with Gasteiger partial charge in [0.05, 0.1) is 0 Å². The normalized spacial score (nSPS) is 12.0. The molecule has 0 spiro atoms. The van der Waals surface area contributed by atoms with Gasteiger partial charge in [-0.1, -0.05) is 48.5 Å². The van der Waals surface area contributed by atoms with Gasteiger partial charge in [-0.2, -0.15) is 0 Å². The Balaban J connectivity index is 1.77. The second-order valence-corrected chi connectivity index (χ2v) is 6.04. The van der Waals surface area contributed by atoms with Crippen LogP contribution in [0.3, 0.4) is 0 Å². The van der Waals surface area contributed by atoms with Crippen LogP contribution in [-0.2, 0) is 4.79 Å². The van der Waals surface area contributed by atoms with Crippen molar-refractivity contribution < 1.29 is 9.53 Å². The molecule has 3 aromatic carbocycles. The number of hydrogen-bond donors (Lipinski definition) is 1. The van der Waals surface area contributed by atoms with E-state index in [1.807, 2.05) is 74.5 Å². The van der Waals surface area contributed by atoms with E-state index in [-0.39, 0.29) is 5.91 Å². The first-order valence-corrected chi connectivity index (χ1v) is 8.07. The van der Waals surface area contributed by atoms with Crippen LogP contribution in [0.4, 0.5) is 5.69 Å². The smallest absolute Gasteiger partial charge is 0.265 e. The maximum Gasteiger partial charge on any atom is 0.265 e. The average Bonchev–Trinajstić information content (AvgIpc) is 2.58. The van der Waals surface area contributed by atoms with Crippen molar-refractivity contribution in [1.82, 2.24) is 0 Å². The van der Waals surface area contributed by atoms with Crippen molar-refractivity contribution in [2.45, 2.75) is 26.9 Å². The molecule has 3 aromatic rings. The highest BCUT2D eigenvalue weighted by molar-refractivity contribution is 5.95. The van der Waals surface area contributed by atoms with Gasteiger partial charge in [0.2, 0.25) is 0 Å². The molecule has 24 heavy (non-hydrogen) atoms. The first-order chi connectivity index (χ1) is 11.5.